The smallest absolute Gasteiger partial charge is 0.0859 e. The largest absolute Gasteiger partial charge is 0.390 e. The number of nitrogens with zero attached hydrogens (tertiary/aromatic N) is 1. The molecule has 3 aromatic rings. The first-order chi connectivity index (χ1) is 10.7. The molecule has 0 aliphatic heterocycles. The second-order valence-corrected chi connectivity index (χ2v) is 5.52. The van der Waals surface area contributed by atoms with Crippen molar-refractivity contribution >= 4 is 0 Å². The second kappa shape index (κ2) is 6.12. The second-order valence-electron chi connectivity index (χ2n) is 5.52. The number of hydrogen-bond donors (Lipinski definition) is 1. The summed E-state index contributed by atoms with van der Waals surface area (Å²) in [7, 11) is 0. The SMILES string of the molecule is Cc1ccc(C)c(-c2c(-c3ccccc3)ccnc2CO)c1. The van der Waals surface area contributed by atoms with Crippen molar-refractivity contribution in [2.75, 3.05) is 0 Å². The van der Waals surface area contributed by atoms with Crippen LogP contribution in [0.2, 0.25) is 0 Å². The summed E-state index contributed by atoms with van der Waals surface area (Å²) in [4.78, 5) is 4.38. The summed E-state index contributed by atoms with van der Waals surface area (Å²) in [5.41, 5.74) is 7.50. The van der Waals surface area contributed by atoms with Gasteiger partial charge in [-0.05, 0) is 42.2 Å². The summed E-state index contributed by atoms with van der Waals surface area (Å²) in [6.45, 7) is 4.11. The Morgan fingerprint density at radius 3 is 2.41 bits per heavy atom. The van der Waals surface area contributed by atoms with E-state index in [0.29, 0.717) is 0 Å². The highest BCUT2D eigenvalue weighted by molar-refractivity contribution is 5.86. The fraction of sp³-hybridized carbons (Fsp3) is 0.150. The first-order valence-electron chi connectivity index (χ1n) is 7.42. The minimum absolute atomic E-state index is 0.0661. The molecule has 2 aromatic carbocycles. The molecule has 0 spiro atoms. The standard InChI is InChI=1S/C20H19NO/c1-14-8-9-15(2)18(12-14)20-17(10-11-21-19(20)13-22)16-6-4-3-5-7-16/h3-12,22H,13H2,1-2H3. The fourth-order valence-corrected chi connectivity index (χ4v) is 2.79. The van der Waals surface area contributed by atoms with Crippen LogP contribution in [0.4, 0.5) is 0 Å². The molecule has 0 bridgehead atoms. The van der Waals surface area contributed by atoms with Crippen molar-refractivity contribution in [3.63, 3.8) is 0 Å². The number of pyridine rings is 1. The van der Waals surface area contributed by atoms with Crippen molar-refractivity contribution in [2.24, 2.45) is 0 Å². The maximum atomic E-state index is 9.75. The molecular weight excluding hydrogens is 270 g/mol. The molecule has 2 nitrogen and oxygen atoms in total. The lowest BCUT2D eigenvalue weighted by molar-refractivity contribution is 0.277. The van der Waals surface area contributed by atoms with E-state index in [4.69, 9.17) is 0 Å². The minimum atomic E-state index is -0.0661. The monoisotopic (exact) mass is 289 g/mol. The molecule has 0 atom stereocenters. The molecule has 0 saturated carbocycles. The Labute approximate surface area is 131 Å². The number of hydrogen-bond acceptors (Lipinski definition) is 2. The molecule has 22 heavy (non-hydrogen) atoms. The number of rotatable bonds is 3. The van der Waals surface area contributed by atoms with Gasteiger partial charge in [0.25, 0.3) is 0 Å². The van der Waals surface area contributed by atoms with Crippen LogP contribution in [-0.2, 0) is 6.61 Å². The maximum absolute atomic E-state index is 9.75. The molecule has 0 radical (unpaired) electrons. The lowest BCUT2D eigenvalue weighted by atomic mass is 9.90. The first-order valence-corrected chi connectivity index (χ1v) is 7.42. The third-order valence-electron chi connectivity index (χ3n) is 3.93. The van der Waals surface area contributed by atoms with Crippen LogP contribution in [0, 0.1) is 13.8 Å². The average Bonchev–Trinajstić information content (AvgIpc) is 2.57. The maximum Gasteiger partial charge on any atom is 0.0859 e. The van der Waals surface area contributed by atoms with Gasteiger partial charge in [0.15, 0.2) is 0 Å². The van der Waals surface area contributed by atoms with Crippen molar-refractivity contribution in [2.45, 2.75) is 20.5 Å². The van der Waals surface area contributed by atoms with Crippen LogP contribution >= 0.6 is 0 Å². The van der Waals surface area contributed by atoms with Crippen LogP contribution in [0.15, 0.2) is 60.8 Å². The molecule has 110 valence electrons. The van der Waals surface area contributed by atoms with E-state index in [-0.39, 0.29) is 6.61 Å². The molecule has 0 amide bonds. The van der Waals surface area contributed by atoms with Crippen LogP contribution in [0.1, 0.15) is 16.8 Å². The van der Waals surface area contributed by atoms with Gasteiger partial charge in [-0.3, -0.25) is 4.98 Å². The summed E-state index contributed by atoms with van der Waals surface area (Å²) in [6.07, 6.45) is 1.77. The Bertz CT molecular complexity index is 794. The quantitative estimate of drug-likeness (QED) is 0.768. The van der Waals surface area contributed by atoms with E-state index in [0.717, 1.165) is 27.9 Å². The molecule has 0 aliphatic rings. The van der Waals surface area contributed by atoms with Gasteiger partial charge in [-0.2, -0.15) is 0 Å². The Hall–Kier alpha value is -2.45. The van der Waals surface area contributed by atoms with E-state index in [2.05, 4.69) is 49.2 Å². The minimum Gasteiger partial charge on any atom is -0.390 e. The zero-order valence-electron chi connectivity index (χ0n) is 12.9. The molecule has 3 rings (SSSR count). The summed E-state index contributed by atoms with van der Waals surface area (Å²) in [6, 6.07) is 18.7. The molecule has 1 aromatic heterocycles. The third-order valence-corrected chi connectivity index (χ3v) is 3.93. The van der Waals surface area contributed by atoms with Gasteiger partial charge in [0.1, 0.15) is 0 Å². The van der Waals surface area contributed by atoms with Crippen LogP contribution in [0.5, 0.6) is 0 Å². The molecule has 0 unspecified atom stereocenters. The zero-order chi connectivity index (χ0) is 15.5. The van der Waals surface area contributed by atoms with E-state index in [1.54, 1.807) is 6.20 Å². The summed E-state index contributed by atoms with van der Waals surface area (Å²) in [5, 5.41) is 9.75. The van der Waals surface area contributed by atoms with Gasteiger partial charge in [0.2, 0.25) is 0 Å². The van der Waals surface area contributed by atoms with Crippen molar-refractivity contribution in [3.8, 4) is 22.3 Å². The molecular formula is C20H19NO. The van der Waals surface area contributed by atoms with Gasteiger partial charge in [-0.15, -0.1) is 0 Å². The summed E-state index contributed by atoms with van der Waals surface area (Å²) >= 11 is 0. The lowest BCUT2D eigenvalue weighted by Crippen LogP contribution is -1.98. The van der Waals surface area contributed by atoms with Gasteiger partial charge >= 0.3 is 0 Å². The van der Waals surface area contributed by atoms with Crippen LogP contribution < -0.4 is 0 Å². The Morgan fingerprint density at radius 2 is 1.68 bits per heavy atom. The first kappa shape index (κ1) is 14.5. The number of aryl methyl sites for hydroxylation is 2. The van der Waals surface area contributed by atoms with E-state index < -0.39 is 0 Å². The Kier molecular flexibility index (Phi) is 4.03. The summed E-state index contributed by atoms with van der Waals surface area (Å²) < 4.78 is 0. The van der Waals surface area contributed by atoms with Crippen molar-refractivity contribution < 1.29 is 5.11 Å². The normalized spacial score (nSPS) is 10.7. The van der Waals surface area contributed by atoms with Gasteiger partial charge in [-0.1, -0.05) is 54.1 Å². The van der Waals surface area contributed by atoms with E-state index in [9.17, 15) is 5.11 Å². The zero-order valence-corrected chi connectivity index (χ0v) is 12.9. The highest BCUT2D eigenvalue weighted by Gasteiger charge is 2.15. The molecule has 2 heteroatoms. The highest BCUT2D eigenvalue weighted by atomic mass is 16.3. The molecule has 1 N–H and O–H groups in total. The van der Waals surface area contributed by atoms with Gasteiger partial charge in [0, 0.05) is 11.8 Å². The molecule has 0 saturated heterocycles. The Balaban J connectivity index is 2.32. The van der Waals surface area contributed by atoms with Gasteiger partial charge in [0.05, 0.1) is 12.3 Å². The Morgan fingerprint density at radius 1 is 0.909 bits per heavy atom. The molecule has 0 fully saturated rings. The predicted molar refractivity (Wildman–Crippen MR) is 90.5 cm³/mol. The van der Waals surface area contributed by atoms with E-state index in [1.165, 1.54) is 11.1 Å². The number of aliphatic hydroxyl groups excluding tert-OH is 1. The number of benzene rings is 2. The van der Waals surface area contributed by atoms with E-state index in [1.807, 2.05) is 24.3 Å². The van der Waals surface area contributed by atoms with Crippen LogP contribution in [0.3, 0.4) is 0 Å². The van der Waals surface area contributed by atoms with Gasteiger partial charge < -0.3 is 5.11 Å². The highest BCUT2D eigenvalue weighted by Crippen LogP contribution is 2.36. The fourth-order valence-electron chi connectivity index (χ4n) is 2.79. The predicted octanol–water partition coefficient (Wildman–Crippen LogP) is 4.52. The lowest BCUT2D eigenvalue weighted by Gasteiger charge is -2.16. The topological polar surface area (TPSA) is 33.1 Å². The number of aliphatic hydroxyl groups is 1. The van der Waals surface area contributed by atoms with E-state index >= 15 is 0 Å². The molecule has 1 heterocycles. The van der Waals surface area contributed by atoms with Crippen LogP contribution in [-0.4, -0.2) is 10.1 Å². The average molecular weight is 289 g/mol. The van der Waals surface area contributed by atoms with Gasteiger partial charge in [-0.25, -0.2) is 0 Å². The van der Waals surface area contributed by atoms with Crippen LogP contribution in [0.25, 0.3) is 22.3 Å². The molecule has 0 aliphatic carbocycles. The number of aromatic nitrogens is 1. The van der Waals surface area contributed by atoms with Crippen molar-refractivity contribution in [1.82, 2.24) is 4.98 Å². The van der Waals surface area contributed by atoms with Crippen molar-refractivity contribution in [3.05, 3.63) is 77.6 Å². The summed E-state index contributed by atoms with van der Waals surface area (Å²) in [5.74, 6) is 0. The van der Waals surface area contributed by atoms with Crippen molar-refractivity contribution in [1.29, 1.82) is 0 Å². The third kappa shape index (κ3) is 2.66.